The molecule has 0 N–H and O–H groups in total. The Morgan fingerprint density at radius 1 is 1.33 bits per heavy atom. The molecule has 0 saturated carbocycles. The molecule has 1 aromatic rings. The summed E-state index contributed by atoms with van der Waals surface area (Å²) < 4.78 is 61.7. The Morgan fingerprint density at radius 3 is 2.27 bits per heavy atom. The molecule has 0 atom stereocenters. The molecular formula is C7H2BrF5IN. The quantitative estimate of drug-likeness (QED) is 0.386. The van der Waals surface area contributed by atoms with Gasteiger partial charge in [0.2, 0.25) is 0 Å². The average Bonchev–Trinajstić information content (AvgIpc) is 2.06. The highest BCUT2D eigenvalue weighted by Gasteiger charge is 2.37. The van der Waals surface area contributed by atoms with Crippen molar-refractivity contribution in [1.29, 1.82) is 0 Å². The van der Waals surface area contributed by atoms with E-state index in [1.54, 1.807) is 22.6 Å². The first kappa shape index (κ1) is 13.1. The minimum atomic E-state index is -4.82. The van der Waals surface area contributed by atoms with E-state index in [-0.39, 0.29) is 8.17 Å². The zero-order chi connectivity index (χ0) is 11.8. The van der Waals surface area contributed by atoms with Crippen molar-refractivity contribution in [2.24, 2.45) is 0 Å². The van der Waals surface area contributed by atoms with Crippen LogP contribution in [-0.2, 0) is 6.18 Å². The fourth-order valence-electron chi connectivity index (χ4n) is 0.873. The predicted octanol–water partition coefficient (Wildman–Crippen LogP) is 4.41. The Labute approximate surface area is 103 Å². The first-order valence-electron chi connectivity index (χ1n) is 3.44. The maximum atomic E-state index is 12.3. The molecule has 0 fully saturated rings. The van der Waals surface area contributed by atoms with Gasteiger partial charge in [-0.25, -0.2) is 13.8 Å². The second-order valence-electron chi connectivity index (χ2n) is 2.49. The second-order valence-corrected chi connectivity index (χ2v) is 4.41. The van der Waals surface area contributed by atoms with Crippen molar-refractivity contribution in [1.82, 2.24) is 4.98 Å². The Hall–Kier alpha value is 0.01000. The van der Waals surface area contributed by atoms with E-state index in [0.29, 0.717) is 6.07 Å². The third kappa shape index (κ3) is 2.99. The molecule has 0 aromatic carbocycles. The molecule has 0 radical (unpaired) electrons. The molecule has 0 unspecified atom stereocenters. The number of hydrogen-bond donors (Lipinski definition) is 0. The van der Waals surface area contributed by atoms with Gasteiger partial charge in [0.25, 0.3) is 6.43 Å². The molecule has 15 heavy (non-hydrogen) atoms. The van der Waals surface area contributed by atoms with Gasteiger partial charge in [-0.1, -0.05) is 0 Å². The highest BCUT2D eigenvalue weighted by Crippen LogP contribution is 2.37. The van der Waals surface area contributed by atoms with Crippen LogP contribution in [0.4, 0.5) is 22.0 Å². The lowest BCUT2D eigenvalue weighted by molar-refractivity contribution is -0.140. The number of nitrogens with zero attached hydrogens (tertiary/aromatic N) is 1. The Balaban J connectivity index is 3.42. The Morgan fingerprint density at radius 2 is 1.87 bits per heavy atom. The normalized spacial score (nSPS) is 12.3. The van der Waals surface area contributed by atoms with E-state index < -0.39 is 23.9 Å². The summed E-state index contributed by atoms with van der Waals surface area (Å²) in [5.74, 6) is 0. The van der Waals surface area contributed by atoms with E-state index in [9.17, 15) is 22.0 Å². The predicted molar refractivity (Wildman–Crippen MR) is 54.6 cm³/mol. The van der Waals surface area contributed by atoms with Crippen LogP contribution >= 0.6 is 38.5 Å². The van der Waals surface area contributed by atoms with E-state index >= 15 is 0 Å². The van der Waals surface area contributed by atoms with Gasteiger partial charge in [0.05, 0.1) is 5.56 Å². The van der Waals surface area contributed by atoms with Crippen molar-refractivity contribution in [2.45, 2.75) is 12.6 Å². The summed E-state index contributed by atoms with van der Waals surface area (Å²) in [5.41, 5.74) is -2.65. The van der Waals surface area contributed by atoms with Crippen LogP contribution in [-0.4, -0.2) is 4.98 Å². The van der Waals surface area contributed by atoms with Gasteiger partial charge < -0.3 is 0 Å². The molecule has 0 aliphatic rings. The van der Waals surface area contributed by atoms with Crippen molar-refractivity contribution >= 4 is 38.5 Å². The molecule has 1 nitrogen and oxygen atoms in total. The van der Waals surface area contributed by atoms with Crippen LogP contribution in [0.2, 0.25) is 0 Å². The Bertz CT molecular complexity index is 378. The minimum Gasteiger partial charge on any atom is -0.238 e. The zero-order valence-corrected chi connectivity index (χ0v) is 10.5. The van der Waals surface area contributed by atoms with Crippen LogP contribution in [0.3, 0.4) is 0 Å². The van der Waals surface area contributed by atoms with Gasteiger partial charge in [0, 0.05) is 3.57 Å². The number of hydrogen-bond acceptors (Lipinski definition) is 1. The van der Waals surface area contributed by atoms with Crippen molar-refractivity contribution in [3.63, 3.8) is 0 Å². The van der Waals surface area contributed by atoms with Crippen molar-refractivity contribution in [3.8, 4) is 0 Å². The van der Waals surface area contributed by atoms with E-state index in [2.05, 4.69) is 20.9 Å². The van der Waals surface area contributed by atoms with Gasteiger partial charge in [0.1, 0.15) is 10.3 Å². The van der Waals surface area contributed by atoms with E-state index in [1.807, 2.05) is 0 Å². The zero-order valence-electron chi connectivity index (χ0n) is 6.75. The maximum absolute atomic E-state index is 12.3. The number of pyridine rings is 1. The lowest BCUT2D eigenvalue weighted by Gasteiger charge is -2.12. The maximum Gasteiger partial charge on any atom is 0.418 e. The van der Waals surface area contributed by atoms with Crippen molar-refractivity contribution < 1.29 is 22.0 Å². The van der Waals surface area contributed by atoms with E-state index in [0.717, 1.165) is 0 Å². The van der Waals surface area contributed by atoms with Crippen molar-refractivity contribution in [3.05, 3.63) is 25.5 Å². The molecule has 1 heterocycles. The number of rotatable bonds is 1. The summed E-state index contributed by atoms with van der Waals surface area (Å²) in [7, 11) is 0. The standard InChI is InChI=1S/C7H2BrF5IN/c8-5-3(14)1-2(7(11,12)13)4(15-5)6(9)10/h1,6H. The highest BCUT2D eigenvalue weighted by atomic mass is 127. The van der Waals surface area contributed by atoms with Crippen LogP contribution in [0.25, 0.3) is 0 Å². The van der Waals surface area contributed by atoms with Gasteiger partial charge in [-0.2, -0.15) is 13.2 Å². The first-order chi connectivity index (χ1) is 6.73. The van der Waals surface area contributed by atoms with Gasteiger partial charge in [-0.3, -0.25) is 0 Å². The fourth-order valence-corrected chi connectivity index (χ4v) is 1.61. The average molecular weight is 402 g/mol. The number of aromatic nitrogens is 1. The van der Waals surface area contributed by atoms with Crippen LogP contribution in [0.15, 0.2) is 10.7 Å². The van der Waals surface area contributed by atoms with Crippen LogP contribution in [0.5, 0.6) is 0 Å². The fraction of sp³-hybridized carbons (Fsp3) is 0.286. The highest BCUT2D eigenvalue weighted by molar-refractivity contribution is 14.1. The van der Waals surface area contributed by atoms with Crippen LogP contribution in [0.1, 0.15) is 17.7 Å². The molecular weight excluding hydrogens is 400 g/mol. The molecule has 0 saturated heterocycles. The number of halogens is 7. The molecule has 8 heteroatoms. The summed E-state index contributed by atoms with van der Waals surface area (Å²) in [6.45, 7) is 0. The molecule has 1 rings (SSSR count). The largest absolute Gasteiger partial charge is 0.418 e. The second kappa shape index (κ2) is 4.48. The number of alkyl halides is 5. The summed E-state index contributed by atoms with van der Waals surface area (Å²) in [6.07, 6.45) is -8.07. The van der Waals surface area contributed by atoms with Crippen LogP contribution < -0.4 is 0 Å². The van der Waals surface area contributed by atoms with Gasteiger partial charge in [0.15, 0.2) is 0 Å². The lowest BCUT2D eigenvalue weighted by Crippen LogP contribution is -2.12. The molecule has 0 aliphatic carbocycles. The van der Waals surface area contributed by atoms with Gasteiger partial charge in [-0.15, -0.1) is 0 Å². The topological polar surface area (TPSA) is 12.9 Å². The molecule has 1 aromatic heterocycles. The first-order valence-corrected chi connectivity index (χ1v) is 5.32. The molecule has 84 valence electrons. The summed E-state index contributed by atoms with van der Waals surface area (Å²) >= 11 is 4.37. The van der Waals surface area contributed by atoms with Crippen LogP contribution in [0, 0.1) is 3.57 Å². The molecule has 0 amide bonds. The third-order valence-electron chi connectivity index (χ3n) is 1.47. The molecule has 0 aliphatic heterocycles. The van der Waals surface area contributed by atoms with E-state index in [4.69, 9.17) is 0 Å². The smallest absolute Gasteiger partial charge is 0.238 e. The van der Waals surface area contributed by atoms with Gasteiger partial charge >= 0.3 is 6.18 Å². The van der Waals surface area contributed by atoms with Crippen molar-refractivity contribution in [2.75, 3.05) is 0 Å². The summed E-state index contributed by atoms with van der Waals surface area (Å²) in [4.78, 5) is 3.18. The SMILES string of the molecule is FC(F)c1nc(Br)c(I)cc1C(F)(F)F. The van der Waals surface area contributed by atoms with Gasteiger partial charge in [-0.05, 0) is 44.6 Å². The summed E-state index contributed by atoms with van der Waals surface area (Å²) in [6, 6.07) is 0.638. The summed E-state index contributed by atoms with van der Waals surface area (Å²) in [5, 5.41) is 0. The monoisotopic (exact) mass is 401 g/mol. The third-order valence-corrected chi connectivity index (χ3v) is 3.64. The molecule has 0 spiro atoms. The lowest BCUT2D eigenvalue weighted by atomic mass is 10.2. The minimum absolute atomic E-state index is 0.0219. The molecule has 0 bridgehead atoms. The van der Waals surface area contributed by atoms with E-state index in [1.165, 1.54) is 0 Å². The Kier molecular flexibility index (Phi) is 3.90.